The molecule has 0 N–H and O–H groups in total. The van der Waals surface area contributed by atoms with Crippen LogP contribution < -0.4 is 14.2 Å². The first-order chi connectivity index (χ1) is 11.3. The molecule has 0 spiro atoms. The predicted molar refractivity (Wildman–Crippen MR) is 88.2 cm³/mol. The van der Waals surface area contributed by atoms with Gasteiger partial charge >= 0.3 is 11.9 Å². The average Bonchev–Trinajstić information content (AvgIpc) is 2.86. The molecule has 1 aliphatic heterocycles. The highest BCUT2D eigenvalue weighted by Crippen LogP contribution is 2.41. The van der Waals surface area contributed by atoms with Gasteiger partial charge in [-0.1, -0.05) is 5.57 Å². The van der Waals surface area contributed by atoms with E-state index < -0.39 is 11.9 Å². The van der Waals surface area contributed by atoms with Crippen LogP contribution in [0.1, 0.15) is 26.3 Å². The molecule has 1 fully saturated rings. The number of benzene rings is 1. The first-order valence-corrected chi connectivity index (χ1v) is 7.31. The Kier molecular flexibility index (Phi) is 4.97. The van der Waals surface area contributed by atoms with E-state index in [0.717, 1.165) is 0 Å². The van der Waals surface area contributed by atoms with E-state index in [1.54, 1.807) is 32.9 Å². The summed E-state index contributed by atoms with van der Waals surface area (Å²) in [6.07, 6.45) is 0. The first kappa shape index (κ1) is 17.6. The second-order valence-corrected chi connectivity index (χ2v) is 5.47. The molecule has 128 valence electrons. The van der Waals surface area contributed by atoms with Gasteiger partial charge in [0.15, 0.2) is 11.5 Å². The molecule has 1 aromatic rings. The lowest BCUT2D eigenvalue weighted by molar-refractivity contribution is -0.149. The number of cyclic esters (lactones) is 2. The number of esters is 2. The molecule has 0 aromatic heterocycles. The summed E-state index contributed by atoms with van der Waals surface area (Å²) in [5.41, 5.74) is 2.54. The van der Waals surface area contributed by atoms with Crippen LogP contribution in [0.5, 0.6) is 17.2 Å². The van der Waals surface area contributed by atoms with Crippen LogP contribution in [0.15, 0.2) is 28.9 Å². The van der Waals surface area contributed by atoms with Crippen molar-refractivity contribution in [1.82, 2.24) is 0 Å². The molecule has 1 heterocycles. The minimum absolute atomic E-state index is 0.259. The maximum absolute atomic E-state index is 12.1. The van der Waals surface area contributed by atoms with Gasteiger partial charge in [0.05, 0.1) is 32.5 Å². The third-order valence-corrected chi connectivity index (χ3v) is 3.82. The van der Waals surface area contributed by atoms with Crippen LogP contribution in [-0.4, -0.2) is 33.3 Å². The standard InChI is InChI=1S/C18H20O6/c1-9(2)14-15(18(20)24-17(14)19)10(3)11-7-12(21-4)16(23-6)13(8-11)22-5/h7-8H,1-6H3. The summed E-state index contributed by atoms with van der Waals surface area (Å²) in [6, 6.07) is 3.45. The van der Waals surface area contributed by atoms with Crippen LogP contribution in [0.4, 0.5) is 0 Å². The van der Waals surface area contributed by atoms with Crippen molar-refractivity contribution < 1.29 is 28.5 Å². The Hall–Kier alpha value is -2.76. The largest absolute Gasteiger partial charge is 0.493 e. The number of rotatable bonds is 4. The lowest BCUT2D eigenvalue weighted by Gasteiger charge is -2.15. The van der Waals surface area contributed by atoms with E-state index in [1.807, 2.05) is 0 Å². The summed E-state index contributed by atoms with van der Waals surface area (Å²) in [5, 5.41) is 0. The van der Waals surface area contributed by atoms with E-state index in [2.05, 4.69) is 0 Å². The smallest absolute Gasteiger partial charge is 0.347 e. The molecule has 0 radical (unpaired) electrons. The Balaban J connectivity index is 2.73. The zero-order valence-corrected chi connectivity index (χ0v) is 14.6. The summed E-state index contributed by atoms with van der Waals surface area (Å²) in [4.78, 5) is 24.0. The maximum Gasteiger partial charge on any atom is 0.347 e. The van der Waals surface area contributed by atoms with E-state index in [0.29, 0.717) is 39.5 Å². The zero-order chi connectivity index (χ0) is 18.0. The normalized spacial score (nSPS) is 16.0. The lowest BCUT2D eigenvalue weighted by Crippen LogP contribution is -2.01. The molecule has 1 aliphatic rings. The highest BCUT2D eigenvalue weighted by atomic mass is 16.6. The van der Waals surface area contributed by atoms with Gasteiger partial charge in [-0.15, -0.1) is 0 Å². The molecule has 0 amide bonds. The van der Waals surface area contributed by atoms with Crippen LogP contribution in [0.3, 0.4) is 0 Å². The fourth-order valence-electron chi connectivity index (χ4n) is 2.63. The summed E-state index contributed by atoms with van der Waals surface area (Å²) < 4.78 is 20.7. The molecule has 0 aliphatic carbocycles. The second kappa shape index (κ2) is 6.78. The van der Waals surface area contributed by atoms with Crippen molar-refractivity contribution in [2.45, 2.75) is 20.8 Å². The molecule has 0 unspecified atom stereocenters. The summed E-state index contributed by atoms with van der Waals surface area (Å²) in [7, 11) is 4.54. The summed E-state index contributed by atoms with van der Waals surface area (Å²) in [6.45, 7) is 5.27. The van der Waals surface area contributed by atoms with Crippen molar-refractivity contribution in [3.05, 3.63) is 34.4 Å². The van der Waals surface area contributed by atoms with Gasteiger partial charge in [-0.2, -0.15) is 0 Å². The predicted octanol–water partition coefficient (Wildman–Crippen LogP) is 2.91. The van der Waals surface area contributed by atoms with Gasteiger partial charge in [-0.3, -0.25) is 0 Å². The van der Waals surface area contributed by atoms with Crippen LogP contribution in [0.2, 0.25) is 0 Å². The molecule has 0 atom stereocenters. The van der Waals surface area contributed by atoms with Crippen molar-refractivity contribution in [2.24, 2.45) is 0 Å². The van der Waals surface area contributed by atoms with Gasteiger partial charge in [0, 0.05) is 0 Å². The number of ether oxygens (including phenoxy) is 4. The number of carbonyl (C=O) groups excluding carboxylic acids is 2. The van der Waals surface area contributed by atoms with Crippen LogP contribution >= 0.6 is 0 Å². The second-order valence-electron chi connectivity index (χ2n) is 5.47. The van der Waals surface area contributed by atoms with Crippen LogP contribution in [-0.2, 0) is 14.3 Å². The maximum atomic E-state index is 12.1. The number of methoxy groups -OCH3 is 3. The topological polar surface area (TPSA) is 71.1 Å². The van der Waals surface area contributed by atoms with Gasteiger partial charge in [0.2, 0.25) is 5.75 Å². The van der Waals surface area contributed by atoms with Crippen molar-refractivity contribution in [3.8, 4) is 17.2 Å². The molecule has 6 nitrogen and oxygen atoms in total. The Morgan fingerprint density at radius 1 is 0.833 bits per heavy atom. The van der Waals surface area contributed by atoms with Crippen molar-refractivity contribution in [3.63, 3.8) is 0 Å². The van der Waals surface area contributed by atoms with E-state index >= 15 is 0 Å². The SMILES string of the molecule is COc1cc(C(C)=C2C(=O)OC(=O)C2=C(C)C)cc(OC)c1OC. The van der Waals surface area contributed by atoms with Gasteiger partial charge in [-0.05, 0) is 44.0 Å². The lowest BCUT2D eigenvalue weighted by atomic mass is 9.94. The van der Waals surface area contributed by atoms with E-state index in [-0.39, 0.29) is 5.57 Å². The summed E-state index contributed by atoms with van der Waals surface area (Å²) in [5.74, 6) is 0.102. The fraction of sp³-hybridized carbons (Fsp3) is 0.333. The van der Waals surface area contributed by atoms with Crippen molar-refractivity contribution in [2.75, 3.05) is 21.3 Å². The third kappa shape index (κ3) is 2.87. The van der Waals surface area contributed by atoms with Crippen molar-refractivity contribution in [1.29, 1.82) is 0 Å². The van der Waals surface area contributed by atoms with E-state index in [1.165, 1.54) is 21.3 Å². The fourth-order valence-corrected chi connectivity index (χ4v) is 2.63. The van der Waals surface area contributed by atoms with Crippen molar-refractivity contribution >= 4 is 17.5 Å². The minimum Gasteiger partial charge on any atom is -0.493 e. The Bertz CT molecular complexity index is 741. The molecule has 1 saturated heterocycles. The van der Waals surface area contributed by atoms with Crippen LogP contribution in [0, 0.1) is 0 Å². The number of carbonyl (C=O) groups is 2. The molecule has 24 heavy (non-hydrogen) atoms. The molecule has 0 bridgehead atoms. The van der Waals surface area contributed by atoms with Gasteiger partial charge in [0.25, 0.3) is 0 Å². The molecular weight excluding hydrogens is 312 g/mol. The van der Waals surface area contributed by atoms with Gasteiger partial charge in [-0.25, -0.2) is 9.59 Å². The van der Waals surface area contributed by atoms with E-state index in [9.17, 15) is 9.59 Å². The monoisotopic (exact) mass is 332 g/mol. The molecule has 1 aromatic carbocycles. The zero-order valence-electron chi connectivity index (χ0n) is 14.6. The Morgan fingerprint density at radius 3 is 1.75 bits per heavy atom. The Labute approximate surface area is 140 Å². The molecule has 2 rings (SSSR count). The third-order valence-electron chi connectivity index (χ3n) is 3.82. The molecule has 6 heteroatoms. The number of hydrogen-bond donors (Lipinski definition) is 0. The number of allylic oxidation sites excluding steroid dienone is 2. The quantitative estimate of drug-likeness (QED) is 0.480. The average molecular weight is 332 g/mol. The Morgan fingerprint density at radius 2 is 1.33 bits per heavy atom. The van der Waals surface area contributed by atoms with Crippen LogP contribution in [0.25, 0.3) is 5.57 Å². The molecule has 0 saturated carbocycles. The highest BCUT2D eigenvalue weighted by Gasteiger charge is 2.36. The van der Waals surface area contributed by atoms with E-state index in [4.69, 9.17) is 18.9 Å². The summed E-state index contributed by atoms with van der Waals surface area (Å²) >= 11 is 0. The molecular formula is C18H20O6. The van der Waals surface area contributed by atoms with Gasteiger partial charge in [0.1, 0.15) is 0 Å². The van der Waals surface area contributed by atoms with Gasteiger partial charge < -0.3 is 18.9 Å². The minimum atomic E-state index is -0.651. The highest BCUT2D eigenvalue weighted by molar-refractivity contribution is 6.22. The number of hydrogen-bond acceptors (Lipinski definition) is 6. The first-order valence-electron chi connectivity index (χ1n) is 7.31.